The smallest absolute Gasteiger partial charge is 0.408 e. The molecule has 1 fully saturated rings. The summed E-state index contributed by atoms with van der Waals surface area (Å²) in [4.78, 5) is 37.8. The van der Waals surface area contributed by atoms with Crippen LogP contribution in [0.4, 0.5) is 4.79 Å². The van der Waals surface area contributed by atoms with Crippen molar-refractivity contribution >= 4 is 17.9 Å². The van der Waals surface area contributed by atoms with Gasteiger partial charge in [0.2, 0.25) is 11.8 Å². The zero-order valence-corrected chi connectivity index (χ0v) is 14.7. The number of nitrogens with two attached hydrogens (primary N) is 1. The van der Waals surface area contributed by atoms with E-state index in [-0.39, 0.29) is 11.8 Å². The highest BCUT2D eigenvalue weighted by Crippen LogP contribution is 2.21. The molecule has 1 aliphatic heterocycles. The number of rotatable bonds is 5. The summed E-state index contributed by atoms with van der Waals surface area (Å²) in [5.41, 5.74) is 4.73. The zero-order chi connectivity index (χ0) is 17.8. The molecule has 1 heterocycles. The molecule has 7 heteroatoms. The molecule has 7 nitrogen and oxygen atoms in total. The minimum atomic E-state index is -0.727. The fourth-order valence-corrected chi connectivity index (χ4v) is 2.62. The first-order chi connectivity index (χ1) is 10.6. The SMILES string of the molecule is CC[C@@H](C)[C@H](NC(=O)OC(C)(C)C)C(=O)N1CCC[C@@H]1C(N)=O. The van der Waals surface area contributed by atoms with Crippen LogP contribution in [0.25, 0.3) is 0 Å². The first kappa shape index (κ1) is 19.3. The molecule has 3 amide bonds. The average molecular weight is 327 g/mol. The molecule has 0 radical (unpaired) electrons. The van der Waals surface area contributed by atoms with Gasteiger partial charge in [0.25, 0.3) is 0 Å². The Balaban J connectivity index is 2.87. The van der Waals surface area contributed by atoms with Gasteiger partial charge in [-0.3, -0.25) is 9.59 Å². The van der Waals surface area contributed by atoms with Gasteiger partial charge in [-0.2, -0.15) is 0 Å². The van der Waals surface area contributed by atoms with Crippen LogP contribution < -0.4 is 11.1 Å². The van der Waals surface area contributed by atoms with Crippen LogP contribution in [0.5, 0.6) is 0 Å². The molecule has 0 spiro atoms. The molecular weight excluding hydrogens is 298 g/mol. The molecule has 0 aromatic heterocycles. The third-order valence-corrected chi connectivity index (χ3v) is 4.02. The van der Waals surface area contributed by atoms with E-state index in [1.54, 1.807) is 20.8 Å². The van der Waals surface area contributed by atoms with Gasteiger partial charge in [0, 0.05) is 6.54 Å². The Bertz CT molecular complexity index is 459. The third-order valence-electron chi connectivity index (χ3n) is 4.02. The normalized spacial score (nSPS) is 20.7. The molecule has 23 heavy (non-hydrogen) atoms. The molecule has 3 N–H and O–H groups in total. The van der Waals surface area contributed by atoms with Crippen molar-refractivity contribution < 1.29 is 19.1 Å². The van der Waals surface area contributed by atoms with Crippen LogP contribution in [0.2, 0.25) is 0 Å². The molecule has 132 valence electrons. The van der Waals surface area contributed by atoms with E-state index in [9.17, 15) is 14.4 Å². The summed E-state index contributed by atoms with van der Waals surface area (Å²) in [7, 11) is 0. The van der Waals surface area contributed by atoms with Gasteiger partial charge < -0.3 is 20.7 Å². The van der Waals surface area contributed by atoms with Gasteiger partial charge in [-0.15, -0.1) is 0 Å². The summed E-state index contributed by atoms with van der Waals surface area (Å²) in [6.45, 7) is 9.59. The number of nitrogens with one attached hydrogen (secondary N) is 1. The lowest BCUT2D eigenvalue weighted by Crippen LogP contribution is -2.55. The van der Waals surface area contributed by atoms with Crippen molar-refractivity contribution in [3.05, 3.63) is 0 Å². The summed E-state index contributed by atoms with van der Waals surface area (Å²) in [5.74, 6) is -0.855. The van der Waals surface area contributed by atoms with E-state index in [2.05, 4.69) is 5.32 Å². The maximum atomic E-state index is 12.8. The monoisotopic (exact) mass is 327 g/mol. The second kappa shape index (κ2) is 7.66. The van der Waals surface area contributed by atoms with Gasteiger partial charge in [0.05, 0.1) is 0 Å². The van der Waals surface area contributed by atoms with Crippen LogP contribution in [-0.4, -0.2) is 47.0 Å². The Labute approximate surface area is 137 Å². The van der Waals surface area contributed by atoms with E-state index in [1.807, 2.05) is 13.8 Å². The van der Waals surface area contributed by atoms with Gasteiger partial charge in [0.15, 0.2) is 0 Å². The van der Waals surface area contributed by atoms with E-state index in [1.165, 1.54) is 4.90 Å². The fraction of sp³-hybridized carbons (Fsp3) is 0.812. The molecule has 1 aliphatic rings. The van der Waals surface area contributed by atoms with E-state index in [4.69, 9.17) is 10.5 Å². The number of primary amides is 1. The van der Waals surface area contributed by atoms with Crippen molar-refractivity contribution in [3.63, 3.8) is 0 Å². The van der Waals surface area contributed by atoms with Crippen molar-refractivity contribution in [3.8, 4) is 0 Å². The summed E-state index contributed by atoms with van der Waals surface area (Å²) in [5, 5.41) is 2.66. The largest absolute Gasteiger partial charge is 0.444 e. The van der Waals surface area contributed by atoms with Gasteiger partial charge in [-0.1, -0.05) is 20.3 Å². The number of carbonyl (C=O) groups is 3. The molecule has 0 aromatic carbocycles. The zero-order valence-electron chi connectivity index (χ0n) is 14.7. The highest BCUT2D eigenvalue weighted by molar-refractivity contribution is 5.91. The van der Waals surface area contributed by atoms with Crippen LogP contribution in [-0.2, 0) is 14.3 Å². The lowest BCUT2D eigenvalue weighted by atomic mass is 9.97. The van der Waals surface area contributed by atoms with Crippen LogP contribution in [0.1, 0.15) is 53.9 Å². The topological polar surface area (TPSA) is 102 Å². The number of alkyl carbamates (subject to hydrolysis) is 1. The van der Waals surface area contributed by atoms with E-state index in [0.29, 0.717) is 19.4 Å². The van der Waals surface area contributed by atoms with Crippen LogP contribution in [0.15, 0.2) is 0 Å². The van der Waals surface area contributed by atoms with Crippen LogP contribution >= 0.6 is 0 Å². The fourth-order valence-electron chi connectivity index (χ4n) is 2.62. The standard InChI is InChI=1S/C16H29N3O4/c1-6-10(2)12(18-15(22)23-16(3,4)5)14(21)19-9-7-8-11(19)13(17)20/h10-12H,6-9H2,1-5H3,(H2,17,20)(H,18,22)/t10-,11-,12+/m1/s1. The second-order valence-electron chi connectivity index (χ2n) is 7.10. The second-order valence-corrected chi connectivity index (χ2v) is 7.10. The Morgan fingerprint density at radius 3 is 2.43 bits per heavy atom. The summed E-state index contributed by atoms with van der Waals surface area (Å²) >= 11 is 0. The number of amides is 3. The number of likely N-dealkylation sites (tertiary alicyclic amines) is 1. The molecule has 1 rings (SSSR count). The van der Waals surface area contributed by atoms with Crippen molar-refractivity contribution in [1.29, 1.82) is 0 Å². The van der Waals surface area contributed by atoms with Crippen molar-refractivity contribution in [1.82, 2.24) is 10.2 Å². The molecule has 0 saturated carbocycles. The van der Waals surface area contributed by atoms with Crippen molar-refractivity contribution in [2.24, 2.45) is 11.7 Å². The van der Waals surface area contributed by atoms with Crippen LogP contribution in [0.3, 0.4) is 0 Å². The molecule has 0 unspecified atom stereocenters. The molecule has 0 bridgehead atoms. The highest BCUT2D eigenvalue weighted by Gasteiger charge is 2.38. The third kappa shape index (κ3) is 5.41. The summed E-state index contributed by atoms with van der Waals surface area (Å²) < 4.78 is 5.24. The van der Waals surface area contributed by atoms with Gasteiger partial charge >= 0.3 is 6.09 Å². The average Bonchev–Trinajstić information content (AvgIpc) is 2.90. The maximum absolute atomic E-state index is 12.8. The predicted molar refractivity (Wildman–Crippen MR) is 86.5 cm³/mol. The molecular formula is C16H29N3O4. The lowest BCUT2D eigenvalue weighted by Gasteiger charge is -2.31. The number of hydrogen-bond donors (Lipinski definition) is 2. The first-order valence-corrected chi connectivity index (χ1v) is 8.16. The first-order valence-electron chi connectivity index (χ1n) is 8.16. The predicted octanol–water partition coefficient (Wildman–Crippen LogP) is 1.40. The summed E-state index contributed by atoms with van der Waals surface area (Å²) in [6.07, 6.45) is 1.38. The maximum Gasteiger partial charge on any atom is 0.408 e. The van der Waals surface area contributed by atoms with Gasteiger partial charge in [-0.05, 0) is 39.5 Å². The van der Waals surface area contributed by atoms with Gasteiger partial charge in [-0.25, -0.2) is 4.79 Å². The lowest BCUT2D eigenvalue weighted by molar-refractivity contribution is -0.140. The van der Waals surface area contributed by atoms with Crippen molar-refractivity contribution in [2.75, 3.05) is 6.54 Å². The summed E-state index contributed by atoms with van der Waals surface area (Å²) in [6, 6.07) is -1.32. The molecule has 0 aliphatic carbocycles. The minimum Gasteiger partial charge on any atom is -0.444 e. The Morgan fingerprint density at radius 1 is 1.35 bits per heavy atom. The molecule has 0 aromatic rings. The molecule has 1 saturated heterocycles. The van der Waals surface area contributed by atoms with Gasteiger partial charge in [0.1, 0.15) is 17.7 Å². The van der Waals surface area contributed by atoms with Crippen molar-refractivity contribution in [2.45, 2.75) is 71.6 Å². The van der Waals surface area contributed by atoms with E-state index >= 15 is 0 Å². The Morgan fingerprint density at radius 2 is 1.96 bits per heavy atom. The minimum absolute atomic E-state index is 0.0795. The molecule has 3 atom stereocenters. The van der Waals surface area contributed by atoms with E-state index in [0.717, 1.165) is 6.42 Å². The number of nitrogens with zero attached hydrogens (tertiary/aromatic N) is 1. The Hall–Kier alpha value is -1.79. The number of hydrogen-bond acceptors (Lipinski definition) is 4. The quantitative estimate of drug-likeness (QED) is 0.797. The highest BCUT2D eigenvalue weighted by atomic mass is 16.6. The number of carbonyl (C=O) groups excluding carboxylic acids is 3. The van der Waals surface area contributed by atoms with E-state index < -0.39 is 29.7 Å². The van der Waals surface area contributed by atoms with Crippen LogP contribution in [0, 0.1) is 5.92 Å². The number of ether oxygens (including phenoxy) is 1. The Kier molecular flexibility index (Phi) is 6.41.